The highest BCUT2D eigenvalue weighted by Gasteiger charge is 2.30. The lowest BCUT2D eigenvalue weighted by atomic mass is 10.2. The summed E-state index contributed by atoms with van der Waals surface area (Å²) in [5.41, 5.74) is -0.745. The first kappa shape index (κ1) is 16.5. The Kier molecular flexibility index (Phi) is 4.84. The summed E-state index contributed by atoms with van der Waals surface area (Å²) in [4.78, 5) is 3.77. The van der Waals surface area contributed by atoms with Gasteiger partial charge in [0, 0.05) is 24.7 Å². The Hall–Kier alpha value is -2.35. The highest BCUT2D eigenvalue weighted by molar-refractivity contribution is 7.13. The maximum absolute atomic E-state index is 12.4. The Bertz CT molecular complexity index is 799. The fourth-order valence-electron chi connectivity index (χ4n) is 2.19. The molecule has 4 nitrogen and oxygen atoms in total. The second-order valence-electron chi connectivity index (χ2n) is 5.16. The van der Waals surface area contributed by atoms with E-state index in [9.17, 15) is 13.2 Å². The van der Waals surface area contributed by atoms with Gasteiger partial charge in [0.15, 0.2) is 0 Å². The van der Waals surface area contributed by atoms with Crippen molar-refractivity contribution in [3.8, 4) is 0 Å². The van der Waals surface area contributed by atoms with Crippen LogP contribution >= 0.6 is 11.5 Å². The van der Waals surface area contributed by atoms with E-state index < -0.39 is 11.7 Å². The van der Waals surface area contributed by atoms with Gasteiger partial charge in [-0.1, -0.05) is 12.1 Å². The van der Waals surface area contributed by atoms with Gasteiger partial charge in [-0.25, -0.2) is 4.98 Å². The average Bonchev–Trinajstić information content (AvgIpc) is 2.97. The van der Waals surface area contributed by atoms with Crippen molar-refractivity contribution in [2.24, 2.45) is 0 Å². The van der Waals surface area contributed by atoms with Gasteiger partial charge in [0.2, 0.25) is 0 Å². The van der Waals surface area contributed by atoms with Crippen LogP contribution in [0.1, 0.15) is 12.0 Å². The fraction of sp³-hybridized carbons (Fsp3) is 0.250. The van der Waals surface area contributed by atoms with Crippen molar-refractivity contribution >= 4 is 33.3 Å². The third-order valence-corrected chi connectivity index (χ3v) is 4.25. The van der Waals surface area contributed by atoms with E-state index in [0.717, 1.165) is 34.6 Å². The third kappa shape index (κ3) is 3.94. The molecular formula is C16H15F3N4S. The van der Waals surface area contributed by atoms with E-state index >= 15 is 0 Å². The predicted molar refractivity (Wildman–Crippen MR) is 90.5 cm³/mol. The molecule has 1 aromatic carbocycles. The lowest BCUT2D eigenvalue weighted by molar-refractivity contribution is -0.137. The van der Waals surface area contributed by atoms with Crippen LogP contribution in [0, 0.1) is 0 Å². The third-order valence-electron chi connectivity index (χ3n) is 3.42. The highest BCUT2D eigenvalue weighted by Crippen LogP contribution is 2.29. The molecule has 0 radical (unpaired) electrons. The monoisotopic (exact) mass is 352 g/mol. The van der Waals surface area contributed by atoms with Crippen LogP contribution < -0.4 is 10.6 Å². The molecule has 3 rings (SSSR count). The number of nitrogens with zero attached hydrogens (tertiary/aromatic N) is 2. The highest BCUT2D eigenvalue weighted by atomic mass is 32.1. The number of nitrogens with one attached hydrogen (secondary N) is 2. The van der Waals surface area contributed by atoms with E-state index in [1.165, 1.54) is 17.6 Å². The summed E-state index contributed by atoms with van der Waals surface area (Å²) in [7, 11) is 0. The van der Waals surface area contributed by atoms with E-state index in [1.54, 1.807) is 0 Å². The van der Waals surface area contributed by atoms with E-state index in [4.69, 9.17) is 0 Å². The zero-order chi connectivity index (χ0) is 17.0. The molecule has 126 valence electrons. The second kappa shape index (κ2) is 7.04. The summed E-state index contributed by atoms with van der Waals surface area (Å²) in [5, 5.41) is 7.37. The minimum Gasteiger partial charge on any atom is -0.370 e. The molecule has 2 aromatic heterocycles. The molecule has 0 unspecified atom stereocenters. The number of pyridine rings is 1. The van der Waals surface area contributed by atoms with E-state index in [2.05, 4.69) is 20.0 Å². The molecule has 3 aromatic rings. The Balaban J connectivity index is 1.44. The standard InChI is InChI=1S/C16H15F3N4S/c17-16(18,19)11-6-7-14(22-10-11)20-8-3-9-21-15-12-4-1-2-5-13(12)24-23-15/h1-2,4-7,10H,3,8-9H2,(H,20,22)(H,21,23). The Morgan fingerprint density at radius 3 is 2.54 bits per heavy atom. The molecule has 0 saturated carbocycles. The van der Waals surface area contributed by atoms with Gasteiger partial charge >= 0.3 is 6.18 Å². The predicted octanol–water partition coefficient (Wildman–Crippen LogP) is 4.62. The zero-order valence-corrected chi connectivity index (χ0v) is 13.4. The Morgan fingerprint density at radius 1 is 1.00 bits per heavy atom. The molecule has 0 bridgehead atoms. The van der Waals surface area contributed by atoms with Gasteiger partial charge in [-0.2, -0.15) is 17.5 Å². The maximum atomic E-state index is 12.4. The molecule has 0 aliphatic rings. The van der Waals surface area contributed by atoms with Crippen molar-refractivity contribution in [3.63, 3.8) is 0 Å². The SMILES string of the molecule is FC(F)(F)c1ccc(NCCCNc2nsc3ccccc23)nc1. The number of hydrogen-bond donors (Lipinski definition) is 2. The van der Waals surface area contributed by atoms with Crippen LogP contribution in [0.2, 0.25) is 0 Å². The molecule has 0 atom stereocenters. The number of alkyl halides is 3. The van der Waals surface area contributed by atoms with Gasteiger partial charge in [0.25, 0.3) is 0 Å². The van der Waals surface area contributed by atoms with Crippen LogP contribution in [0.3, 0.4) is 0 Å². The zero-order valence-electron chi connectivity index (χ0n) is 12.6. The van der Waals surface area contributed by atoms with Crippen LogP contribution in [-0.4, -0.2) is 22.4 Å². The number of halogens is 3. The molecule has 0 aliphatic carbocycles. The average molecular weight is 352 g/mol. The summed E-state index contributed by atoms with van der Waals surface area (Å²) in [6.45, 7) is 1.31. The Labute approximate surface area is 140 Å². The van der Waals surface area contributed by atoms with E-state index in [0.29, 0.717) is 18.9 Å². The molecule has 24 heavy (non-hydrogen) atoms. The molecule has 2 heterocycles. The molecule has 0 amide bonds. The van der Waals surface area contributed by atoms with E-state index in [1.807, 2.05) is 24.3 Å². The normalized spacial score (nSPS) is 11.6. The first-order valence-electron chi connectivity index (χ1n) is 7.39. The number of anilines is 2. The lowest BCUT2D eigenvalue weighted by Crippen LogP contribution is -2.11. The fourth-order valence-corrected chi connectivity index (χ4v) is 2.95. The first-order chi connectivity index (χ1) is 11.5. The number of benzene rings is 1. The van der Waals surface area contributed by atoms with Gasteiger partial charge in [-0.05, 0) is 42.2 Å². The summed E-state index contributed by atoms with van der Waals surface area (Å²) >= 11 is 1.45. The minimum absolute atomic E-state index is 0.433. The first-order valence-corrected chi connectivity index (χ1v) is 8.17. The van der Waals surface area contributed by atoms with Crippen LogP contribution in [-0.2, 0) is 6.18 Å². The van der Waals surface area contributed by atoms with Crippen molar-refractivity contribution < 1.29 is 13.2 Å². The van der Waals surface area contributed by atoms with Crippen molar-refractivity contribution in [1.29, 1.82) is 0 Å². The number of rotatable bonds is 6. The number of fused-ring (bicyclic) bond motifs is 1. The van der Waals surface area contributed by atoms with Crippen LogP contribution in [0.5, 0.6) is 0 Å². The number of aromatic nitrogens is 2. The molecule has 0 spiro atoms. The van der Waals surface area contributed by atoms with Crippen LogP contribution in [0.25, 0.3) is 10.1 Å². The van der Waals surface area contributed by atoms with Crippen LogP contribution in [0.4, 0.5) is 24.8 Å². The molecule has 0 aliphatic heterocycles. The minimum atomic E-state index is -4.36. The Morgan fingerprint density at radius 2 is 1.79 bits per heavy atom. The van der Waals surface area contributed by atoms with Crippen LogP contribution in [0.15, 0.2) is 42.6 Å². The maximum Gasteiger partial charge on any atom is 0.417 e. The molecule has 8 heteroatoms. The van der Waals surface area contributed by atoms with Gasteiger partial charge < -0.3 is 10.6 Å². The molecule has 2 N–H and O–H groups in total. The summed E-state index contributed by atoms with van der Waals surface area (Å²) in [6.07, 6.45) is -2.73. The summed E-state index contributed by atoms with van der Waals surface area (Å²) in [5.74, 6) is 1.30. The smallest absolute Gasteiger partial charge is 0.370 e. The van der Waals surface area contributed by atoms with Crippen molar-refractivity contribution in [3.05, 3.63) is 48.2 Å². The van der Waals surface area contributed by atoms with E-state index in [-0.39, 0.29) is 0 Å². The van der Waals surface area contributed by atoms with Gasteiger partial charge in [-0.3, -0.25) is 0 Å². The second-order valence-corrected chi connectivity index (χ2v) is 5.97. The molecule has 0 fully saturated rings. The van der Waals surface area contributed by atoms with Gasteiger partial charge in [0.05, 0.1) is 10.3 Å². The largest absolute Gasteiger partial charge is 0.417 e. The molecule has 0 saturated heterocycles. The molecular weight excluding hydrogens is 337 g/mol. The summed E-state index contributed by atoms with van der Waals surface area (Å²) in [6, 6.07) is 10.4. The lowest BCUT2D eigenvalue weighted by Gasteiger charge is -2.09. The quantitative estimate of drug-likeness (QED) is 0.636. The van der Waals surface area contributed by atoms with Crippen molar-refractivity contribution in [1.82, 2.24) is 9.36 Å². The van der Waals surface area contributed by atoms with Crippen molar-refractivity contribution in [2.75, 3.05) is 23.7 Å². The topological polar surface area (TPSA) is 49.8 Å². The number of hydrogen-bond acceptors (Lipinski definition) is 5. The van der Waals surface area contributed by atoms with Gasteiger partial charge in [-0.15, -0.1) is 0 Å². The van der Waals surface area contributed by atoms with Crippen molar-refractivity contribution in [2.45, 2.75) is 12.6 Å². The summed E-state index contributed by atoms with van der Waals surface area (Å²) < 4.78 is 42.8. The van der Waals surface area contributed by atoms with Gasteiger partial charge in [0.1, 0.15) is 11.6 Å².